The molecule has 2 heterocycles. The van der Waals surface area contributed by atoms with E-state index in [4.69, 9.17) is 14.6 Å². The van der Waals surface area contributed by atoms with Gasteiger partial charge >= 0.3 is 5.97 Å². The van der Waals surface area contributed by atoms with Gasteiger partial charge in [-0.05, 0) is 37.5 Å². The lowest BCUT2D eigenvalue weighted by Crippen LogP contribution is -2.37. The molecule has 2 saturated heterocycles. The van der Waals surface area contributed by atoms with Gasteiger partial charge in [0.2, 0.25) is 0 Å². The summed E-state index contributed by atoms with van der Waals surface area (Å²) in [5.74, 6) is -1.44. The number of carboxylic acids is 1. The van der Waals surface area contributed by atoms with Crippen molar-refractivity contribution in [3.63, 3.8) is 0 Å². The van der Waals surface area contributed by atoms with E-state index in [1.165, 1.54) is 0 Å². The van der Waals surface area contributed by atoms with E-state index in [-0.39, 0.29) is 24.3 Å². The molecule has 2 N–H and O–H groups in total. The highest BCUT2D eigenvalue weighted by molar-refractivity contribution is 5.98. The molecular formula is C19H24N2O6. The summed E-state index contributed by atoms with van der Waals surface area (Å²) in [6.07, 6.45) is 1.28. The molecule has 0 aliphatic carbocycles. The van der Waals surface area contributed by atoms with Gasteiger partial charge in [-0.3, -0.25) is 14.4 Å². The molecule has 0 aromatic heterocycles. The van der Waals surface area contributed by atoms with Crippen LogP contribution in [0.4, 0.5) is 5.69 Å². The average molecular weight is 376 g/mol. The van der Waals surface area contributed by atoms with Crippen LogP contribution in [0.25, 0.3) is 0 Å². The van der Waals surface area contributed by atoms with Gasteiger partial charge in [-0.15, -0.1) is 0 Å². The molecule has 2 fully saturated rings. The van der Waals surface area contributed by atoms with Gasteiger partial charge < -0.3 is 24.8 Å². The number of benzene rings is 1. The van der Waals surface area contributed by atoms with Crippen molar-refractivity contribution in [2.75, 3.05) is 25.6 Å². The van der Waals surface area contributed by atoms with E-state index in [9.17, 15) is 14.4 Å². The SMILES string of the molecule is COC1CC(CC(=O)O)N(C(=O)c2cccc(NC(=O)C3CCCO3)c2)C1. The maximum absolute atomic E-state index is 12.9. The van der Waals surface area contributed by atoms with Gasteiger partial charge in [-0.1, -0.05) is 6.07 Å². The summed E-state index contributed by atoms with van der Waals surface area (Å²) in [6.45, 7) is 0.928. The Bertz CT molecular complexity index is 716. The van der Waals surface area contributed by atoms with Crippen molar-refractivity contribution in [3.05, 3.63) is 29.8 Å². The van der Waals surface area contributed by atoms with Crippen LogP contribution in [0.2, 0.25) is 0 Å². The smallest absolute Gasteiger partial charge is 0.305 e. The number of amides is 2. The van der Waals surface area contributed by atoms with Crippen LogP contribution in [0.3, 0.4) is 0 Å². The number of anilines is 1. The first-order chi connectivity index (χ1) is 13.0. The molecule has 0 bridgehead atoms. The molecule has 2 amide bonds. The molecule has 3 rings (SSSR count). The number of ether oxygens (including phenoxy) is 2. The lowest BCUT2D eigenvalue weighted by atomic mass is 10.1. The molecular weight excluding hydrogens is 352 g/mol. The van der Waals surface area contributed by atoms with Crippen LogP contribution in [0, 0.1) is 0 Å². The second-order valence-electron chi connectivity index (χ2n) is 6.87. The van der Waals surface area contributed by atoms with Gasteiger partial charge in [0.05, 0.1) is 12.5 Å². The Balaban J connectivity index is 1.72. The lowest BCUT2D eigenvalue weighted by molar-refractivity contribution is -0.138. The predicted octanol–water partition coefficient (Wildman–Crippen LogP) is 1.51. The van der Waals surface area contributed by atoms with Crippen LogP contribution in [-0.2, 0) is 19.1 Å². The van der Waals surface area contributed by atoms with E-state index >= 15 is 0 Å². The molecule has 8 heteroatoms. The Labute approximate surface area is 157 Å². The predicted molar refractivity (Wildman–Crippen MR) is 96.5 cm³/mol. The van der Waals surface area contributed by atoms with E-state index in [0.29, 0.717) is 37.2 Å². The molecule has 0 radical (unpaired) electrons. The number of hydrogen-bond donors (Lipinski definition) is 2. The number of aliphatic carboxylic acids is 1. The topological polar surface area (TPSA) is 105 Å². The zero-order chi connectivity index (χ0) is 19.4. The summed E-state index contributed by atoms with van der Waals surface area (Å²) in [5, 5.41) is 11.9. The minimum absolute atomic E-state index is 0.124. The highest BCUT2D eigenvalue weighted by Crippen LogP contribution is 2.25. The fraction of sp³-hybridized carbons (Fsp3) is 0.526. The van der Waals surface area contributed by atoms with E-state index in [2.05, 4.69) is 5.32 Å². The summed E-state index contributed by atoms with van der Waals surface area (Å²) in [6, 6.07) is 6.24. The average Bonchev–Trinajstić information content (AvgIpc) is 3.30. The largest absolute Gasteiger partial charge is 0.481 e. The number of carbonyl (C=O) groups excluding carboxylic acids is 2. The monoisotopic (exact) mass is 376 g/mol. The molecule has 27 heavy (non-hydrogen) atoms. The number of carbonyl (C=O) groups is 3. The summed E-state index contributed by atoms with van der Waals surface area (Å²) >= 11 is 0. The van der Waals surface area contributed by atoms with E-state index < -0.39 is 18.1 Å². The number of hydrogen-bond acceptors (Lipinski definition) is 5. The Hall–Kier alpha value is -2.45. The van der Waals surface area contributed by atoms with E-state index in [1.54, 1.807) is 36.3 Å². The maximum atomic E-state index is 12.9. The third-order valence-electron chi connectivity index (χ3n) is 4.98. The van der Waals surface area contributed by atoms with Gasteiger partial charge in [-0.25, -0.2) is 0 Å². The molecule has 3 atom stereocenters. The Morgan fingerprint density at radius 3 is 2.85 bits per heavy atom. The lowest BCUT2D eigenvalue weighted by Gasteiger charge is -2.23. The quantitative estimate of drug-likeness (QED) is 0.780. The number of nitrogens with zero attached hydrogens (tertiary/aromatic N) is 1. The normalized spacial score (nSPS) is 24.8. The Morgan fingerprint density at radius 2 is 2.19 bits per heavy atom. The second kappa shape index (κ2) is 8.49. The fourth-order valence-corrected chi connectivity index (χ4v) is 3.59. The van der Waals surface area contributed by atoms with Gasteiger partial charge in [-0.2, -0.15) is 0 Å². The summed E-state index contributed by atoms with van der Waals surface area (Å²) < 4.78 is 10.7. The van der Waals surface area contributed by atoms with Crippen molar-refractivity contribution in [1.29, 1.82) is 0 Å². The molecule has 2 aliphatic rings. The molecule has 0 saturated carbocycles. The van der Waals surface area contributed by atoms with Crippen molar-refractivity contribution in [2.24, 2.45) is 0 Å². The van der Waals surface area contributed by atoms with Crippen molar-refractivity contribution in [2.45, 2.75) is 43.9 Å². The van der Waals surface area contributed by atoms with Gasteiger partial charge in [0.25, 0.3) is 11.8 Å². The third-order valence-corrected chi connectivity index (χ3v) is 4.98. The maximum Gasteiger partial charge on any atom is 0.305 e. The molecule has 1 aromatic carbocycles. The fourth-order valence-electron chi connectivity index (χ4n) is 3.59. The Kier molecular flexibility index (Phi) is 6.08. The Morgan fingerprint density at radius 1 is 1.37 bits per heavy atom. The highest BCUT2D eigenvalue weighted by Gasteiger charge is 2.37. The molecule has 2 aliphatic heterocycles. The summed E-state index contributed by atoms with van der Waals surface area (Å²) in [5.41, 5.74) is 0.908. The first kappa shape index (κ1) is 19.3. The molecule has 146 valence electrons. The summed E-state index contributed by atoms with van der Waals surface area (Å²) in [7, 11) is 1.55. The minimum Gasteiger partial charge on any atom is -0.481 e. The first-order valence-electron chi connectivity index (χ1n) is 9.06. The van der Waals surface area contributed by atoms with Gasteiger partial charge in [0.15, 0.2) is 0 Å². The van der Waals surface area contributed by atoms with Gasteiger partial charge in [0.1, 0.15) is 6.10 Å². The van der Waals surface area contributed by atoms with Crippen LogP contribution in [0.15, 0.2) is 24.3 Å². The molecule has 0 spiro atoms. The van der Waals surface area contributed by atoms with Crippen LogP contribution >= 0.6 is 0 Å². The highest BCUT2D eigenvalue weighted by atomic mass is 16.5. The number of nitrogens with one attached hydrogen (secondary N) is 1. The zero-order valence-corrected chi connectivity index (χ0v) is 15.2. The molecule has 3 unspecified atom stereocenters. The molecule has 8 nitrogen and oxygen atoms in total. The standard InChI is InChI=1S/C19H24N2O6/c1-26-15-9-14(10-17(22)23)21(11-15)19(25)12-4-2-5-13(8-12)20-18(24)16-6-3-7-27-16/h2,4-5,8,14-16H,3,6-7,9-11H2,1H3,(H,20,24)(H,22,23). The number of likely N-dealkylation sites (tertiary alicyclic amines) is 1. The van der Waals surface area contributed by atoms with Crippen LogP contribution in [0.1, 0.15) is 36.0 Å². The molecule has 1 aromatic rings. The summed E-state index contributed by atoms with van der Waals surface area (Å²) in [4.78, 5) is 37.8. The van der Waals surface area contributed by atoms with Crippen LogP contribution in [-0.4, -0.2) is 66.3 Å². The van der Waals surface area contributed by atoms with Crippen LogP contribution < -0.4 is 5.32 Å². The van der Waals surface area contributed by atoms with Crippen molar-refractivity contribution >= 4 is 23.5 Å². The van der Waals surface area contributed by atoms with Crippen molar-refractivity contribution in [3.8, 4) is 0 Å². The number of methoxy groups -OCH3 is 1. The van der Waals surface area contributed by atoms with Crippen LogP contribution in [0.5, 0.6) is 0 Å². The third kappa shape index (κ3) is 4.64. The van der Waals surface area contributed by atoms with E-state index in [0.717, 1.165) is 6.42 Å². The number of rotatable bonds is 6. The minimum atomic E-state index is -0.952. The van der Waals surface area contributed by atoms with E-state index in [1.807, 2.05) is 0 Å². The van der Waals surface area contributed by atoms with Crippen molar-refractivity contribution in [1.82, 2.24) is 4.90 Å². The van der Waals surface area contributed by atoms with Crippen molar-refractivity contribution < 1.29 is 29.0 Å². The zero-order valence-electron chi connectivity index (χ0n) is 15.2. The number of carboxylic acid groups (broad SMARTS) is 1. The van der Waals surface area contributed by atoms with Gasteiger partial charge in [0, 0.05) is 37.6 Å². The first-order valence-corrected chi connectivity index (χ1v) is 9.06. The second-order valence-corrected chi connectivity index (χ2v) is 6.87.